The molecule has 0 aliphatic carbocycles. The van der Waals surface area contributed by atoms with Crippen molar-refractivity contribution in [3.8, 4) is 5.75 Å². The topological polar surface area (TPSA) is 41.6 Å². The summed E-state index contributed by atoms with van der Waals surface area (Å²) in [5.41, 5.74) is 3.78. The summed E-state index contributed by atoms with van der Waals surface area (Å²) in [6, 6.07) is 28.8. The summed E-state index contributed by atoms with van der Waals surface area (Å²) in [5, 5.41) is 5.44. The summed E-state index contributed by atoms with van der Waals surface area (Å²) in [6.45, 7) is 1.84. The second-order valence-corrected chi connectivity index (χ2v) is 8.62. The van der Waals surface area contributed by atoms with E-state index in [1.165, 1.54) is 15.7 Å². The average Bonchev–Trinajstić information content (AvgIpc) is 2.86. The maximum atomic E-state index is 12.7. The number of ether oxygens (including phenoxy) is 1. The first-order valence-electron chi connectivity index (χ1n) is 10.7. The van der Waals surface area contributed by atoms with E-state index in [0.29, 0.717) is 18.7 Å². The maximum Gasteiger partial charge on any atom is 0.251 e. The van der Waals surface area contributed by atoms with Crippen LogP contribution in [-0.4, -0.2) is 25.3 Å². The van der Waals surface area contributed by atoms with E-state index in [-0.39, 0.29) is 5.91 Å². The van der Waals surface area contributed by atoms with E-state index in [9.17, 15) is 4.79 Å². The van der Waals surface area contributed by atoms with Crippen LogP contribution in [0.25, 0.3) is 10.8 Å². The first-order valence-corrected chi connectivity index (χ1v) is 11.9. The van der Waals surface area contributed by atoms with Crippen LogP contribution in [0.1, 0.15) is 15.9 Å². The quantitative estimate of drug-likeness (QED) is 0.385. The van der Waals surface area contributed by atoms with Crippen molar-refractivity contribution >= 4 is 39.8 Å². The van der Waals surface area contributed by atoms with Crippen LogP contribution >= 0.6 is 11.8 Å². The van der Waals surface area contributed by atoms with Crippen LogP contribution in [0.2, 0.25) is 0 Å². The number of carbonyl (C=O) groups excluding carboxylic acids is 1. The highest BCUT2D eigenvalue weighted by atomic mass is 32.2. The van der Waals surface area contributed by atoms with Gasteiger partial charge in [0, 0.05) is 22.7 Å². The van der Waals surface area contributed by atoms with E-state index < -0.39 is 0 Å². The van der Waals surface area contributed by atoms with Crippen molar-refractivity contribution in [3.05, 3.63) is 96.1 Å². The third kappa shape index (κ3) is 4.16. The van der Waals surface area contributed by atoms with Gasteiger partial charge in [0.2, 0.25) is 0 Å². The zero-order valence-electron chi connectivity index (χ0n) is 17.9. The van der Waals surface area contributed by atoms with Crippen LogP contribution < -0.4 is 15.0 Å². The molecule has 4 aromatic carbocycles. The number of anilines is 2. The van der Waals surface area contributed by atoms with Crippen molar-refractivity contribution in [1.29, 1.82) is 0 Å². The van der Waals surface area contributed by atoms with Gasteiger partial charge in [-0.15, -0.1) is 11.8 Å². The van der Waals surface area contributed by atoms with Crippen LogP contribution in [0.3, 0.4) is 0 Å². The van der Waals surface area contributed by atoms with Crippen LogP contribution in [0.5, 0.6) is 5.75 Å². The molecule has 1 amide bonds. The molecule has 0 bridgehead atoms. The fourth-order valence-corrected chi connectivity index (χ4v) is 4.41. The molecule has 4 nitrogen and oxygen atoms in total. The number of nitrogens with zero attached hydrogens (tertiary/aromatic N) is 1. The monoisotopic (exact) mass is 440 g/mol. The molecule has 0 spiro atoms. The zero-order valence-corrected chi connectivity index (χ0v) is 18.7. The number of carbonyl (C=O) groups is 1. The molecular formula is C27H24N2O2S. The minimum atomic E-state index is -0.104. The summed E-state index contributed by atoms with van der Waals surface area (Å²) < 4.78 is 5.92. The Hall–Kier alpha value is -3.44. The zero-order chi connectivity index (χ0) is 21.9. The van der Waals surface area contributed by atoms with E-state index in [2.05, 4.69) is 71.1 Å². The smallest absolute Gasteiger partial charge is 0.251 e. The maximum absolute atomic E-state index is 12.7. The van der Waals surface area contributed by atoms with Crippen molar-refractivity contribution in [3.63, 3.8) is 0 Å². The second kappa shape index (κ2) is 8.97. The molecule has 1 heterocycles. The van der Waals surface area contributed by atoms with Gasteiger partial charge in [-0.2, -0.15) is 0 Å². The van der Waals surface area contributed by atoms with Crippen LogP contribution in [0.4, 0.5) is 11.4 Å². The Morgan fingerprint density at radius 2 is 1.78 bits per heavy atom. The first kappa shape index (κ1) is 20.5. The molecule has 1 aliphatic rings. The number of thioether (sulfide) groups is 1. The van der Waals surface area contributed by atoms with Crippen molar-refractivity contribution in [2.24, 2.45) is 0 Å². The van der Waals surface area contributed by atoms with Gasteiger partial charge in [-0.25, -0.2) is 0 Å². The van der Waals surface area contributed by atoms with E-state index in [1.807, 2.05) is 30.3 Å². The molecule has 0 radical (unpaired) electrons. The number of fused-ring (bicyclic) bond motifs is 2. The Morgan fingerprint density at radius 1 is 0.969 bits per heavy atom. The summed E-state index contributed by atoms with van der Waals surface area (Å²) in [6.07, 6.45) is 2.05. The summed E-state index contributed by atoms with van der Waals surface area (Å²) >= 11 is 1.71. The lowest BCUT2D eigenvalue weighted by Crippen LogP contribution is -2.29. The van der Waals surface area contributed by atoms with Gasteiger partial charge in [0.1, 0.15) is 12.4 Å². The van der Waals surface area contributed by atoms with E-state index in [1.54, 1.807) is 11.8 Å². The van der Waals surface area contributed by atoms with Crippen LogP contribution in [0.15, 0.2) is 89.8 Å². The molecule has 4 aromatic rings. The molecule has 5 heteroatoms. The standard InChI is InChI=1S/C27H24N2O2S/c1-32-24-11-6-19(7-12-24)18-28-27(30)22-9-13-25-26(17-22)31-15-14-29(25)23-10-8-20-4-2-3-5-21(20)16-23/h2-13,16-17H,14-15,18H2,1H3,(H,28,30). The fraction of sp³-hybridized carbons (Fsp3) is 0.148. The minimum absolute atomic E-state index is 0.104. The van der Waals surface area contributed by atoms with Gasteiger partial charge in [-0.3, -0.25) is 4.79 Å². The Balaban J connectivity index is 1.34. The van der Waals surface area contributed by atoms with E-state index >= 15 is 0 Å². The predicted molar refractivity (Wildman–Crippen MR) is 132 cm³/mol. The highest BCUT2D eigenvalue weighted by Gasteiger charge is 2.21. The number of nitrogens with one attached hydrogen (secondary N) is 1. The third-order valence-corrected chi connectivity index (χ3v) is 6.49. The van der Waals surface area contributed by atoms with Gasteiger partial charge in [-0.05, 0) is 65.1 Å². The molecule has 1 aliphatic heterocycles. The molecule has 0 saturated heterocycles. The summed E-state index contributed by atoms with van der Waals surface area (Å²) in [7, 11) is 0. The highest BCUT2D eigenvalue weighted by molar-refractivity contribution is 7.98. The molecule has 0 aromatic heterocycles. The minimum Gasteiger partial charge on any atom is -0.490 e. The lowest BCUT2D eigenvalue weighted by molar-refractivity contribution is 0.0950. The lowest BCUT2D eigenvalue weighted by atomic mass is 10.1. The van der Waals surface area contributed by atoms with Crippen molar-refractivity contribution in [1.82, 2.24) is 5.32 Å². The molecule has 1 N–H and O–H groups in total. The molecule has 0 saturated carbocycles. The number of rotatable bonds is 5. The van der Waals surface area contributed by atoms with Gasteiger partial charge < -0.3 is 15.0 Å². The second-order valence-electron chi connectivity index (χ2n) is 7.74. The van der Waals surface area contributed by atoms with Crippen LogP contribution in [-0.2, 0) is 6.54 Å². The Labute approximate surface area is 192 Å². The molecule has 160 valence electrons. The van der Waals surface area contributed by atoms with E-state index in [0.717, 1.165) is 29.2 Å². The Bertz CT molecular complexity index is 1270. The summed E-state index contributed by atoms with van der Waals surface area (Å²) in [4.78, 5) is 16.2. The SMILES string of the molecule is CSc1ccc(CNC(=O)c2ccc3c(c2)OCCN3c2ccc3ccccc3c2)cc1. The third-order valence-electron chi connectivity index (χ3n) is 5.74. The average molecular weight is 441 g/mol. The van der Waals surface area contributed by atoms with Gasteiger partial charge in [0.05, 0.1) is 12.2 Å². The number of benzene rings is 4. The van der Waals surface area contributed by atoms with Gasteiger partial charge in [0.25, 0.3) is 5.91 Å². The Morgan fingerprint density at radius 3 is 2.59 bits per heavy atom. The lowest BCUT2D eigenvalue weighted by Gasteiger charge is -2.31. The summed E-state index contributed by atoms with van der Waals surface area (Å²) in [5.74, 6) is 0.634. The number of hydrogen-bond donors (Lipinski definition) is 1. The molecular weight excluding hydrogens is 416 g/mol. The predicted octanol–water partition coefficient (Wildman–Crippen LogP) is 6.02. The van der Waals surface area contributed by atoms with E-state index in [4.69, 9.17) is 4.74 Å². The molecule has 0 atom stereocenters. The molecule has 32 heavy (non-hydrogen) atoms. The van der Waals surface area contributed by atoms with Crippen molar-refractivity contribution < 1.29 is 9.53 Å². The van der Waals surface area contributed by atoms with Gasteiger partial charge >= 0.3 is 0 Å². The largest absolute Gasteiger partial charge is 0.490 e. The first-order chi connectivity index (χ1) is 15.7. The molecule has 0 fully saturated rings. The molecule has 5 rings (SSSR count). The fourth-order valence-electron chi connectivity index (χ4n) is 4.00. The van der Waals surface area contributed by atoms with Gasteiger partial charge in [0.15, 0.2) is 0 Å². The number of hydrogen-bond acceptors (Lipinski definition) is 4. The molecule has 0 unspecified atom stereocenters. The van der Waals surface area contributed by atoms with Gasteiger partial charge in [-0.1, -0.05) is 42.5 Å². The van der Waals surface area contributed by atoms with Crippen LogP contribution in [0, 0.1) is 0 Å². The van der Waals surface area contributed by atoms with Crippen molar-refractivity contribution in [2.45, 2.75) is 11.4 Å². The number of amides is 1. The highest BCUT2D eigenvalue weighted by Crippen LogP contribution is 2.38. The van der Waals surface area contributed by atoms with Crippen molar-refractivity contribution in [2.75, 3.05) is 24.3 Å². The normalized spacial score (nSPS) is 12.8. The Kier molecular flexibility index (Phi) is 5.73.